The van der Waals surface area contributed by atoms with E-state index in [0.717, 1.165) is 10.8 Å². The maximum absolute atomic E-state index is 12.1. The highest BCUT2D eigenvalue weighted by Gasteiger charge is 2.16. The van der Waals surface area contributed by atoms with E-state index in [1.165, 1.54) is 24.4 Å². The number of hydrogen-bond acceptors (Lipinski definition) is 8. The van der Waals surface area contributed by atoms with Crippen molar-refractivity contribution >= 4 is 40.0 Å². The van der Waals surface area contributed by atoms with Crippen LogP contribution < -0.4 is 10.2 Å². The number of phenols is 1. The van der Waals surface area contributed by atoms with Crippen LogP contribution in [0.3, 0.4) is 0 Å². The third kappa shape index (κ3) is 5.86. The Morgan fingerprint density at radius 1 is 1.06 bits per heavy atom. The van der Waals surface area contributed by atoms with Crippen LogP contribution in [0, 0.1) is 17.0 Å². The Hall–Kier alpha value is -5.12. The third-order valence-corrected chi connectivity index (χ3v) is 5.11. The molecule has 0 heterocycles. The molecule has 4 aromatic carbocycles. The number of rotatable bonds is 8. The first-order valence-corrected chi connectivity index (χ1v) is 10.8. The number of aryl methyl sites for hydroxylation is 1. The number of aromatic hydroxyl groups is 1. The molecule has 0 fully saturated rings. The monoisotopic (exact) mass is 483 g/mol. The number of fused-ring (bicyclic) bond motifs is 1. The van der Waals surface area contributed by atoms with Crippen LogP contribution in [0.25, 0.3) is 10.8 Å². The second-order valence-corrected chi connectivity index (χ2v) is 7.75. The molecule has 2 N–H and O–H groups in total. The van der Waals surface area contributed by atoms with Gasteiger partial charge in [0.2, 0.25) is 0 Å². The van der Waals surface area contributed by atoms with Crippen molar-refractivity contribution in [1.29, 1.82) is 0 Å². The minimum atomic E-state index is -0.632. The van der Waals surface area contributed by atoms with Crippen molar-refractivity contribution in [3.05, 3.63) is 100 Å². The van der Waals surface area contributed by atoms with Gasteiger partial charge < -0.3 is 9.84 Å². The number of nitrogens with zero attached hydrogens (tertiary/aromatic N) is 4. The van der Waals surface area contributed by atoms with Crippen molar-refractivity contribution in [2.24, 2.45) is 15.3 Å². The Morgan fingerprint density at radius 2 is 1.86 bits per heavy atom. The zero-order valence-corrected chi connectivity index (χ0v) is 19.2. The van der Waals surface area contributed by atoms with Gasteiger partial charge in [-0.2, -0.15) is 10.2 Å². The van der Waals surface area contributed by atoms with Crippen LogP contribution in [0.5, 0.6) is 11.5 Å². The number of ether oxygens (including phenoxy) is 1. The van der Waals surface area contributed by atoms with E-state index >= 15 is 0 Å². The second-order valence-electron chi connectivity index (χ2n) is 7.75. The summed E-state index contributed by atoms with van der Waals surface area (Å²) in [6.07, 6.45) is 1.25. The van der Waals surface area contributed by atoms with Crippen LogP contribution in [0.1, 0.15) is 11.1 Å². The van der Waals surface area contributed by atoms with E-state index in [-0.39, 0.29) is 17.2 Å². The number of amides is 1. The lowest BCUT2D eigenvalue weighted by atomic mass is 10.1. The SMILES string of the molecule is Cc1ccc(OCC(=O)N/N=C/c2cc(N=Nc3cccc4ccccc34)ccc2O)c([N+](=O)[O-])c1. The highest BCUT2D eigenvalue weighted by Crippen LogP contribution is 2.29. The first kappa shape index (κ1) is 24.0. The molecule has 0 aliphatic carbocycles. The lowest BCUT2D eigenvalue weighted by molar-refractivity contribution is -0.385. The number of carbonyl (C=O) groups is 1. The first-order valence-electron chi connectivity index (χ1n) is 10.8. The minimum Gasteiger partial charge on any atom is -0.507 e. The molecule has 0 aliphatic rings. The number of phenolic OH excluding ortho intramolecular Hbond substituents is 1. The van der Waals surface area contributed by atoms with Crippen molar-refractivity contribution in [3.63, 3.8) is 0 Å². The van der Waals surface area contributed by atoms with Crippen LogP contribution in [0.15, 0.2) is 94.2 Å². The van der Waals surface area contributed by atoms with Crippen LogP contribution in [0.4, 0.5) is 17.1 Å². The number of benzene rings is 4. The maximum Gasteiger partial charge on any atom is 0.311 e. The Morgan fingerprint density at radius 3 is 2.69 bits per heavy atom. The van der Waals surface area contributed by atoms with Gasteiger partial charge in [0.25, 0.3) is 5.91 Å². The van der Waals surface area contributed by atoms with E-state index < -0.39 is 17.4 Å². The van der Waals surface area contributed by atoms with Gasteiger partial charge in [0.05, 0.1) is 22.5 Å². The summed E-state index contributed by atoms with van der Waals surface area (Å²) in [7, 11) is 0. The summed E-state index contributed by atoms with van der Waals surface area (Å²) in [4.78, 5) is 22.6. The number of nitrogens with one attached hydrogen (secondary N) is 1. The summed E-state index contributed by atoms with van der Waals surface area (Å²) in [6.45, 7) is 1.24. The number of azo groups is 1. The van der Waals surface area contributed by atoms with E-state index in [0.29, 0.717) is 22.5 Å². The smallest absolute Gasteiger partial charge is 0.311 e. The highest BCUT2D eigenvalue weighted by atomic mass is 16.6. The highest BCUT2D eigenvalue weighted by molar-refractivity contribution is 5.92. The fourth-order valence-corrected chi connectivity index (χ4v) is 3.36. The average Bonchev–Trinajstić information content (AvgIpc) is 2.88. The van der Waals surface area contributed by atoms with Crippen LogP contribution in [0.2, 0.25) is 0 Å². The van der Waals surface area contributed by atoms with Gasteiger partial charge in [-0.05, 0) is 48.2 Å². The van der Waals surface area contributed by atoms with Crippen molar-refractivity contribution in [2.75, 3.05) is 6.61 Å². The molecule has 0 bridgehead atoms. The number of hydrogen-bond donors (Lipinski definition) is 2. The molecule has 36 heavy (non-hydrogen) atoms. The van der Waals surface area contributed by atoms with E-state index in [4.69, 9.17) is 4.74 Å². The number of carbonyl (C=O) groups excluding carboxylic acids is 1. The molecule has 0 unspecified atom stereocenters. The Bertz CT molecular complexity index is 1490. The van der Waals surface area contributed by atoms with Gasteiger partial charge >= 0.3 is 5.69 Å². The molecule has 0 saturated carbocycles. The minimum absolute atomic E-state index is 0.0216. The Labute approximate surface area is 205 Å². The van der Waals surface area contributed by atoms with Gasteiger partial charge in [-0.3, -0.25) is 14.9 Å². The lowest BCUT2D eigenvalue weighted by Gasteiger charge is -2.06. The molecule has 0 aliphatic heterocycles. The maximum atomic E-state index is 12.1. The Kier molecular flexibility index (Phi) is 7.25. The number of hydrazone groups is 1. The van der Waals surface area contributed by atoms with Gasteiger partial charge in [0, 0.05) is 17.0 Å². The van der Waals surface area contributed by atoms with Crippen molar-refractivity contribution in [1.82, 2.24) is 5.43 Å². The molecule has 0 aromatic heterocycles. The molecule has 4 aromatic rings. The topological polar surface area (TPSA) is 139 Å². The number of nitro groups is 1. The molecular formula is C26H21N5O5. The molecule has 0 atom stereocenters. The molecule has 180 valence electrons. The van der Waals surface area contributed by atoms with Gasteiger partial charge in [-0.1, -0.05) is 42.5 Å². The summed E-state index contributed by atoms with van der Waals surface area (Å²) in [5, 5.41) is 35.7. The third-order valence-electron chi connectivity index (χ3n) is 5.11. The average molecular weight is 483 g/mol. The molecule has 0 saturated heterocycles. The summed E-state index contributed by atoms with van der Waals surface area (Å²) >= 11 is 0. The van der Waals surface area contributed by atoms with E-state index in [9.17, 15) is 20.0 Å². The fourth-order valence-electron chi connectivity index (χ4n) is 3.36. The van der Waals surface area contributed by atoms with Crippen molar-refractivity contribution in [3.8, 4) is 11.5 Å². The number of nitro benzene ring substituents is 1. The largest absolute Gasteiger partial charge is 0.507 e. The molecule has 10 nitrogen and oxygen atoms in total. The predicted octanol–water partition coefficient (Wildman–Crippen LogP) is 5.71. The molecular weight excluding hydrogens is 462 g/mol. The first-order chi connectivity index (χ1) is 17.4. The Balaban J connectivity index is 1.40. The van der Waals surface area contributed by atoms with E-state index in [1.54, 1.807) is 25.1 Å². The van der Waals surface area contributed by atoms with Crippen LogP contribution in [-0.4, -0.2) is 28.8 Å². The zero-order chi connectivity index (χ0) is 25.5. The van der Waals surface area contributed by atoms with E-state index in [1.807, 2.05) is 42.5 Å². The van der Waals surface area contributed by atoms with Crippen LogP contribution >= 0.6 is 0 Å². The van der Waals surface area contributed by atoms with Gasteiger partial charge in [-0.15, -0.1) is 5.11 Å². The normalized spacial score (nSPS) is 11.2. The second kappa shape index (κ2) is 10.9. The molecule has 4 rings (SSSR count). The summed E-state index contributed by atoms with van der Waals surface area (Å²) in [5.74, 6) is -0.720. The molecule has 1 amide bonds. The molecule has 10 heteroatoms. The van der Waals surface area contributed by atoms with Gasteiger partial charge in [0.1, 0.15) is 5.75 Å². The van der Waals surface area contributed by atoms with Gasteiger partial charge in [-0.25, -0.2) is 5.43 Å². The molecule has 0 radical (unpaired) electrons. The van der Waals surface area contributed by atoms with Crippen molar-refractivity contribution < 1.29 is 19.6 Å². The quantitative estimate of drug-likeness (QED) is 0.143. The van der Waals surface area contributed by atoms with Crippen molar-refractivity contribution in [2.45, 2.75) is 6.92 Å². The fraction of sp³-hybridized carbons (Fsp3) is 0.0769. The standard InChI is InChI=1S/C26H21N5O5/c1-17-9-12-25(23(13-17)31(34)35)36-16-26(33)30-27-15-19-14-20(10-11-24(19)32)28-29-22-8-4-6-18-5-2-3-7-21(18)22/h2-15,32H,16H2,1H3,(H,30,33)/b27-15+,29-28?. The molecule has 0 spiro atoms. The summed E-state index contributed by atoms with van der Waals surface area (Å²) in [6, 6.07) is 22.6. The summed E-state index contributed by atoms with van der Waals surface area (Å²) in [5.41, 5.74) is 4.21. The summed E-state index contributed by atoms with van der Waals surface area (Å²) < 4.78 is 5.26. The zero-order valence-electron chi connectivity index (χ0n) is 19.2. The predicted molar refractivity (Wildman–Crippen MR) is 135 cm³/mol. The van der Waals surface area contributed by atoms with Crippen LogP contribution in [-0.2, 0) is 4.79 Å². The van der Waals surface area contributed by atoms with E-state index in [2.05, 4.69) is 20.8 Å². The lowest BCUT2D eigenvalue weighted by Crippen LogP contribution is -2.24. The van der Waals surface area contributed by atoms with Gasteiger partial charge in [0.15, 0.2) is 12.4 Å².